The van der Waals surface area contributed by atoms with Crippen LogP contribution in [0.4, 0.5) is 8.78 Å². The van der Waals surface area contributed by atoms with Crippen molar-refractivity contribution in [3.05, 3.63) is 64.2 Å². The van der Waals surface area contributed by atoms with E-state index in [0.717, 1.165) is 5.56 Å². The van der Waals surface area contributed by atoms with Crippen LogP contribution >= 0.6 is 11.6 Å². The van der Waals surface area contributed by atoms with E-state index in [0.29, 0.717) is 11.3 Å². The Hall–Kier alpha value is -1.65. The number of ether oxygens (including phenoxy) is 1. The highest BCUT2D eigenvalue weighted by molar-refractivity contribution is 6.30. The molecule has 0 aromatic heterocycles. The molecule has 19 heavy (non-hydrogen) atoms. The summed E-state index contributed by atoms with van der Waals surface area (Å²) in [5.74, 6) is -0.593. The normalized spacial score (nSPS) is 10.5. The molecular formula is C14H12ClF2NO. The standard InChI is InChI=1S/C14H12ClF2NO/c15-13-4-3-12(6-14(13)17)19-8-10-5-11(16)2-1-9(10)7-18/h1-6H,7-8,18H2. The van der Waals surface area contributed by atoms with Crippen molar-refractivity contribution in [3.63, 3.8) is 0 Å². The van der Waals surface area contributed by atoms with Crippen molar-refractivity contribution in [2.45, 2.75) is 13.2 Å². The number of nitrogens with two attached hydrogens (primary N) is 1. The number of hydrogen-bond acceptors (Lipinski definition) is 2. The first-order valence-corrected chi connectivity index (χ1v) is 6.03. The first-order chi connectivity index (χ1) is 9.10. The van der Waals surface area contributed by atoms with Gasteiger partial charge in [0.2, 0.25) is 0 Å². The number of benzene rings is 2. The molecule has 0 radical (unpaired) electrons. The zero-order chi connectivity index (χ0) is 13.8. The van der Waals surface area contributed by atoms with Gasteiger partial charge in [0.15, 0.2) is 0 Å². The SMILES string of the molecule is NCc1ccc(F)cc1COc1ccc(Cl)c(F)c1. The van der Waals surface area contributed by atoms with Gasteiger partial charge in [-0.25, -0.2) is 8.78 Å². The lowest BCUT2D eigenvalue weighted by Gasteiger charge is -2.10. The molecule has 0 atom stereocenters. The Morgan fingerprint density at radius 1 is 1.05 bits per heavy atom. The quantitative estimate of drug-likeness (QED) is 0.929. The van der Waals surface area contributed by atoms with Crippen molar-refractivity contribution >= 4 is 11.6 Å². The van der Waals surface area contributed by atoms with Crippen LogP contribution in [-0.2, 0) is 13.2 Å². The van der Waals surface area contributed by atoms with Crippen LogP contribution in [0.2, 0.25) is 5.02 Å². The minimum absolute atomic E-state index is 0.0285. The fourth-order valence-electron chi connectivity index (χ4n) is 1.66. The molecule has 0 spiro atoms. The van der Waals surface area contributed by atoms with Gasteiger partial charge in [-0.05, 0) is 35.4 Å². The molecule has 0 aliphatic carbocycles. The first kappa shape index (κ1) is 13.8. The third-order valence-corrected chi connectivity index (χ3v) is 2.98. The van der Waals surface area contributed by atoms with Crippen LogP contribution < -0.4 is 10.5 Å². The topological polar surface area (TPSA) is 35.2 Å². The highest BCUT2D eigenvalue weighted by Gasteiger charge is 2.06. The van der Waals surface area contributed by atoms with Crippen molar-refractivity contribution < 1.29 is 13.5 Å². The van der Waals surface area contributed by atoms with E-state index < -0.39 is 5.82 Å². The second-order valence-corrected chi connectivity index (χ2v) is 4.39. The molecule has 2 aromatic carbocycles. The Kier molecular flexibility index (Phi) is 4.35. The molecule has 0 aliphatic heterocycles. The molecule has 0 aliphatic rings. The summed E-state index contributed by atoms with van der Waals surface area (Å²) < 4.78 is 31.8. The maximum absolute atomic E-state index is 13.2. The molecule has 2 nitrogen and oxygen atoms in total. The largest absolute Gasteiger partial charge is 0.489 e. The average molecular weight is 284 g/mol. The van der Waals surface area contributed by atoms with Gasteiger partial charge in [0.1, 0.15) is 24.0 Å². The van der Waals surface area contributed by atoms with E-state index in [4.69, 9.17) is 22.1 Å². The summed E-state index contributed by atoms with van der Waals surface area (Å²) in [4.78, 5) is 0. The maximum atomic E-state index is 13.2. The van der Waals surface area contributed by atoms with Gasteiger partial charge in [-0.3, -0.25) is 0 Å². The van der Waals surface area contributed by atoms with E-state index >= 15 is 0 Å². The molecule has 0 heterocycles. The van der Waals surface area contributed by atoms with Crippen molar-refractivity contribution in [2.75, 3.05) is 0 Å². The van der Waals surface area contributed by atoms with Gasteiger partial charge in [0.25, 0.3) is 0 Å². The summed E-state index contributed by atoms with van der Waals surface area (Å²) in [6.07, 6.45) is 0. The van der Waals surface area contributed by atoms with Crippen LogP contribution in [0.5, 0.6) is 5.75 Å². The predicted molar refractivity (Wildman–Crippen MR) is 70.0 cm³/mol. The van der Waals surface area contributed by atoms with Gasteiger partial charge in [0.05, 0.1) is 5.02 Å². The Balaban J connectivity index is 2.13. The lowest BCUT2D eigenvalue weighted by molar-refractivity contribution is 0.302. The van der Waals surface area contributed by atoms with Gasteiger partial charge in [-0.15, -0.1) is 0 Å². The van der Waals surface area contributed by atoms with Crippen LogP contribution in [-0.4, -0.2) is 0 Å². The third kappa shape index (κ3) is 3.43. The summed E-state index contributed by atoms with van der Waals surface area (Å²) in [6, 6.07) is 8.44. The maximum Gasteiger partial charge on any atom is 0.145 e. The molecule has 5 heteroatoms. The fourth-order valence-corrected chi connectivity index (χ4v) is 1.77. The predicted octanol–water partition coefficient (Wildman–Crippen LogP) is 3.66. The van der Waals surface area contributed by atoms with E-state index in [9.17, 15) is 8.78 Å². The summed E-state index contributed by atoms with van der Waals surface area (Å²) in [5.41, 5.74) is 6.98. The van der Waals surface area contributed by atoms with E-state index in [2.05, 4.69) is 0 Å². The monoisotopic (exact) mass is 283 g/mol. The Morgan fingerprint density at radius 3 is 2.53 bits per heavy atom. The van der Waals surface area contributed by atoms with Crippen LogP contribution in [0.3, 0.4) is 0 Å². The molecule has 0 bridgehead atoms. The molecule has 2 N–H and O–H groups in total. The molecule has 100 valence electrons. The number of rotatable bonds is 4. The van der Waals surface area contributed by atoms with Crippen molar-refractivity contribution in [1.29, 1.82) is 0 Å². The molecule has 2 aromatic rings. The molecule has 0 saturated heterocycles. The molecule has 0 unspecified atom stereocenters. The van der Waals surface area contributed by atoms with Crippen molar-refractivity contribution in [1.82, 2.24) is 0 Å². The molecule has 0 fully saturated rings. The van der Waals surface area contributed by atoms with Gasteiger partial charge < -0.3 is 10.5 Å². The molecule has 0 saturated carbocycles. The summed E-state index contributed by atoms with van der Waals surface area (Å²) >= 11 is 5.57. The third-order valence-electron chi connectivity index (χ3n) is 2.67. The highest BCUT2D eigenvalue weighted by atomic mass is 35.5. The van der Waals surface area contributed by atoms with E-state index in [1.165, 1.54) is 24.3 Å². The van der Waals surface area contributed by atoms with Crippen LogP contribution in [0.1, 0.15) is 11.1 Å². The Labute approximate surface area is 114 Å². The van der Waals surface area contributed by atoms with E-state index in [1.54, 1.807) is 12.1 Å². The second-order valence-electron chi connectivity index (χ2n) is 3.98. The smallest absolute Gasteiger partial charge is 0.145 e. The minimum atomic E-state index is -0.558. The zero-order valence-electron chi connectivity index (χ0n) is 10.00. The summed E-state index contributed by atoms with van der Waals surface area (Å²) in [5, 5.41) is 0.0285. The van der Waals surface area contributed by atoms with Gasteiger partial charge in [-0.2, -0.15) is 0 Å². The van der Waals surface area contributed by atoms with Gasteiger partial charge in [0, 0.05) is 12.6 Å². The summed E-state index contributed by atoms with van der Waals surface area (Å²) in [6.45, 7) is 0.402. The van der Waals surface area contributed by atoms with Crippen LogP contribution in [0.15, 0.2) is 36.4 Å². The Morgan fingerprint density at radius 2 is 1.84 bits per heavy atom. The minimum Gasteiger partial charge on any atom is -0.489 e. The van der Waals surface area contributed by atoms with Gasteiger partial charge >= 0.3 is 0 Å². The number of halogens is 3. The molecule has 2 rings (SSSR count). The van der Waals surface area contributed by atoms with Crippen molar-refractivity contribution in [3.8, 4) is 5.75 Å². The number of hydrogen-bond donors (Lipinski definition) is 1. The van der Waals surface area contributed by atoms with Crippen molar-refractivity contribution in [2.24, 2.45) is 5.73 Å². The van der Waals surface area contributed by atoms with Gasteiger partial charge in [-0.1, -0.05) is 17.7 Å². The van der Waals surface area contributed by atoms with Crippen LogP contribution in [0, 0.1) is 11.6 Å². The lowest BCUT2D eigenvalue weighted by Crippen LogP contribution is -2.05. The zero-order valence-corrected chi connectivity index (χ0v) is 10.8. The Bertz CT molecular complexity index is 590. The second kappa shape index (κ2) is 5.99. The molecule has 0 amide bonds. The molecular weight excluding hydrogens is 272 g/mol. The average Bonchev–Trinajstić information content (AvgIpc) is 2.40. The van der Waals surface area contributed by atoms with E-state index in [-0.39, 0.29) is 24.0 Å². The summed E-state index contributed by atoms with van der Waals surface area (Å²) in [7, 11) is 0. The first-order valence-electron chi connectivity index (χ1n) is 5.65. The van der Waals surface area contributed by atoms with Crippen LogP contribution in [0.25, 0.3) is 0 Å². The highest BCUT2D eigenvalue weighted by Crippen LogP contribution is 2.22. The fraction of sp³-hybridized carbons (Fsp3) is 0.143. The van der Waals surface area contributed by atoms with E-state index in [1.807, 2.05) is 0 Å². The lowest BCUT2D eigenvalue weighted by atomic mass is 10.1.